The standard InChI is InChI=1S/C9H19NO3S/c1-14(12,13)7-3-2-5-10-6-4-9(11)8-10/h9,11H,2-8H2,1H3. The van der Waals surface area contributed by atoms with Crippen LogP contribution in [0.15, 0.2) is 0 Å². The molecular formula is C9H19NO3S. The Kier molecular flexibility index (Phi) is 4.34. The number of β-amino-alcohol motifs (C(OH)–C–C–N with tert-alkyl or cyclic N) is 1. The Balaban J connectivity index is 2.05. The second-order valence-electron chi connectivity index (χ2n) is 4.08. The number of aliphatic hydroxyl groups excluding tert-OH is 1. The van der Waals surface area contributed by atoms with Crippen LogP contribution in [0.1, 0.15) is 19.3 Å². The minimum absolute atomic E-state index is 0.176. The molecule has 0 aromatic heterocycles. The van der Waals surface area contributed by atoms with E-state index in [1.807, 2.05) is 0 Å². The Morgan fingerprint density at radius 2 is 2.14 bits per heavy atom. The third-order valence-electron chi connectivity index (χ3n) is 2.49. The molecule has 14 heavy (non-hydrogen) atoms. The molecular weight excluding hydrogens is 202 g/mol. The largest absolute Gasteiger partial charge is 0.392 e. The predicted octanol–water partition coefficient (Wildman–Crippen LogP) is -0.122. The van der Waals surface area contributed by atoms with Crippen molar-refractivity contribution in [3.05, 3.63) is 0 Å². The fraction of sp³-hybridized carbons (Fsp3) is 1.00. The van der Waals surface area contributed by atoms with Crippen LogP contribution in [0.2, 0.25) is 0 Å². The first-order valence-electron chi connectivity index (χ1n) is 5.05. The van der Waals surface area contributed by atoms with Gasteiger partial charge in [-0.3, -0.25) is 0 Å². The lowest BCUT2D eigenvalue weighted by atomic mass is 10.3. The van der Waals surface area contributed by atoms with Crippen molar-refractivity contribution in [1.82, 2.24) is 4.90 Å². The van der Waals surface area contributed by atoms with E-state index in [2.05, 4.69) is 4.90 Å². The van der Waals surface area contributed by atoms with E-state index in [4.69, 9.17) is 0 Å². The monoisotopic (exact) mass is 221 g/mol. The Hall–Kier alpha value is -0.130. The quantitative estimate of drug-likeness (QED) is 0.658. The summed E-state index contributed by atoms with van der Waals surface area (Å²) in [5, 5.41) is 9.25. The zero-order valence-electron chi connectivity index (χ0n) is 8.65. The van der Waals surface area contributed by atoms with Gasteiger partial charge in [-0.2, -0.15) is 0 Å². The molecule has 84 valence electrons. The van der Waals surface area contributed by atoms with Crippen LogP contribution in [0.4, 0.5) is 0 Å². The van der Waals surface area contributed by atoms with Crippen LogP contribution in [0.5, 0.6) is 0 Å². The van der Waals surface area contributed by atoms with Gasteiger partial charge in [0.1, 0.15) is 9.84 Å². The van der Waals surface area contributed by atoms with Crippen molar-refractivity contribution in [1.29, 1.82) is 0 Å². The third-order valence-corrected chi connectivity index (χ3v) is 3.52. The van der Waals surface area contributed by atoms with Gasteiger partial charge in [-0.25, -0.2) is 8.42 Å². The molecule has 1 atom stereocenters. The Morgan fingerprint density at radius 1 is 1.43 bits per heavy atom. The maximum atomic E-state index is 10.8. The summed E-state index contributed by atoms with van der Waals surface area (Å²) in [4.78, 5) is 2.19. The van der Waals surface area contributed by atoms with Gasteiger partial charge in [-0.15, -0.1) is 0 Å². The third kappa shape index (κ3) is 4.93. The second-order valence-corrected chi connectivity index (χ2v) is 6.34. The number of aliphatic hydroxyl groups is 1. The predicted molar refractivity (Wildman–Crippen MR) is 56.0 cm³/mol. The maximum absolute atomic E-state index is 10.8. The van der Waals surface area contributed by atoms with E-state index in [1.165, 1.54) is 6.26 Å². The second kappa shape index (κ2) is 5.09. The van der Waals surface area contributed by atoms with Crippen LogP contribution < -0.4 is 0 Å². The highest BCUT2D eigenvalue weighted by Crippen LogP contribution is 2.09. The number of hydrogen-bond donors (Lipinski definition) is 1. The topological polar surface area (TPSA) is 57.6 Å². The molecule has 0 radical (unpaired) electrons. The molecule has 0 aromatic carbocycles. The summed E-state index contributed by atoms with van der Waals surface area (Å²) in [6.45, 7) is 2.60. The molecule has 5 heteroatoms. The minimum Gasteiger partial charge on any atom is -0.392 e. The number of likely N-dealkylation sites (tertiary alicyclic amines) is 1. The van der Waals surface area contributed by atoms with Crippen molar-refractivity contribution in [2.75, 3.05) is 31.6 Å². The summed E-state index contributed by atoms with van der Waals surface area (Å²) in [5.41, 5.74) is 0. The highest BCUT2D eigenvalue weighted by atomic mass is 32.2. The Morgan fingerprint density at radius 3 is 2.64 bits per heavy atom. The lowest BCUT2D eigenvalue weighted by molar-refractivity contribution is 0.176. The minimum atomic E-state index is -2.80. The van der Waals surface area contributed by atoms with E-state index in [0.717, 1.165) is 38.9 Å². The molecule has 1 saturated heterocycles. The maximum Gasteiger partial charge on any atom is 0.147 e. The van der Waals surface area contributed by atoms with Gasteiger partial charge in [-0.05, 0) is 25.8 Å². The number of sulfone groups is 1. The smallest absolute Gasteiger partial charge is 0.147 e. The molecule has 1 aliphatic rings. The fourth-order valence-corrected chi connectivity index (χ4v) is 2.44. The van der Waals surface area contributed by atoms with Crippen LogP contribution in [-0.4, -0.2) is 56.2 Å². The molecule has 1 heterocycles. The van der Waals surface area contributed by atoms with Crippen molar-refractivity contribution in [3.63, 3.8) is 0 Å². The van der Waals surface area contributed by atoms with Gasteiger partial charge in [0.2, 0.25) is 0 Å². The van der Waals surface area contributed by atoms with Gasteiger partial charge in [0, 0.05) is 25.1 Å². The average Bonchev–Trinajstić information content (AvgIpc) is 2.44. The normalized spacial score (nSPS) is 24.3. The van der Waals surface area contributed by atoms with Gasteiger partial charge in [0.15, 0.2) is 0 Å². The van der Waals surface area contributed by atoms with Gasteiger partial charge in [-0.1, -0.05) is 0 Å². The molecule has 1 rings (SSSR count). The van der Waals surface area contributed by atoms with Gasteiger partial charge in [0.25, 0.3) is 0 Å². The van der Waals surface area contributed by atoms with Crippen LogP contribution >= 0.6 is 0 Å². The van der Waals surface area contributed by atoms with Crippen molar-refractivity contribution < 1.29 is 13.5 Å². The van der Waals surface area contributed by atoms with E-state index in [1.54, 1.807) is 0 Å². The van der Waals surface area contributed by atoms with Crippen LogP contribution in [-0.2, 0) is 9.84 Å². The van der Waals surface area contributed by atoms with Crippen LogP contribution in [0.25, 0.3) is 0 Å². The molecule has 1 fully saturated rings. The average molecular weight is 221 g/mol. The molecule has 0 saturated carbocycles. The number of hydrogen-bond acceptors (Lipinski definition) is 4. The van der Waals surface area contributed by atoms with Gasteiger partial charge < -0.3 is 10.0 Å². The first-order valence-corrected chi connectivity index (χ1v) is 7.11. The molecule has 0 amide bonds. The molecule has 1 unspecified atom stereocenters. The molecule has 4 nitrogen and oxygen atoms in total. The van der Waals surface area contributed by atoms with Crippen LogP contribution in [0.3, 0.4) is 0 Å². The highest BCUT2D eigenvalue weighted by Gasteiger charge is 2.19. The van der Waals surface area contributed by atoms with Gasteiger partial charge in [0.05, 0.1) is 6.10 Å². The summed E-state index contributed by atoms with van der Waals surface area (Å²) in [7, 11) is -2.80. The number of unbranched alkanes of at least 4 members (excludes halogenated alkanes) is 1. The van der Waals surface area contributed by atoms with E-state index in [-0.39, 0.29) is 11.9 Å². The Labute approximate surface area is 85.8 Å². The van der Waals surface area contributed by atoms with E-state index < -0.39 is 9.84 Å². The molecule has 0 aliphatic carbocycles. The summed E-state index contributed by atoms with van der Waals surface area (Å²) in [6.07, 6.45) is 3.58. The van der Waals surface area contributed by atoms with Crippen molar-refractivity contribution in [3.8, 4) is 0 Å². The molecule has 0 spiro atoms. The van der Waals surface area contributed by atoms with E-state index >= 15 is 0 Å². The van der Waals surface area contributed by atoms with Crippen molar-refractivity contribution >= 4 is 9.84 Å². The first kappa shape index (κ1) is 11.9. The lowest BCUT2D eigenvalue weighted by Crippen LogP contribution is -2.23. The zero-order chi connectivity index (χ0) is 10.6. The molecule has 1 N–H and O–H groups in total. The Bertz CT molecular complexity index is 263. The zero-order valence-corrected chi connectivity index (χ0v) is 9.46. The van der Waals surface area contributed by atoms with E-state index in [9.17, 15) is 13.5 Å². The van der Waals surface area contributed by atoms with Gasteiger partial charge >= 0.3 is 0 Å². The fourth-order valence-electron chi connectivity index (χ4n) is 1.71. The summed E-state index contributed by atoms with van der Waals surface area (Å²) in [5.74, 6) is 0.281. The first-order chi connectivity index (χ1) is 6.47. The number of rotatable bonds is 5. The lowest BCUT2D eigenvalue weighted by Gasteiger charge is -2.13. The molecule has 1 aliphatic heterocycles. The summed E-state index contributed by atoms with van der Waals surface area (Å²) in [6, 6.07) is 0. The van der Waals surface area contributed by atoms with Crippen LogP contribution in [0, 0.1) is 0 Å². The van der Waals surface area contributed by atoms with Crippen molar-refractivity contribution in [2.45, 2.75) is 25.4 Å². The summed E-state index contributed by atoms with van der Waals surface area (Å²) < 4.78 is 21.7. The molecule has 0 aromatic rings. The number of nitrogens with zero attached hydrogens (tertiary/aromatic N) is 1. The van der Waals surface area contributed by atoms with E-state index in [0.29, 0.717) is 0 Å². The SMILES string of the molecule is CS(=O)(=O)CCCCN1CCC(O)C1. The summed E-state index contributed by atoms with van der Waals surface area (Å²) >= 11 is 0. The van der Waals surface area contributed by atoms with Crippen molar-refractivity contribution in [2.24, 2.45) is 0 Å². The highest BCUT2D eigenvalue weighted by molar-refractivity contribution is 7.90. The molecule has 0 bridgehead atoms.